The Kier molecular flexibility index (Phi) is 3.84. The van der Waals surface area contributed by atoms with Crippen LogP contribution in [0.15, 0.2) is 24.3 Å². The standard InChI is InChI=1S/C10H13N3O3/c11-7-3-1-6(2-4-7)10(16)13-5-8(14)9(12)15/h1-4,8,14H,5,11H2,(H2,12,15)(H,13,16). The van der Waals surface area contributed by atoms with Gasteiger partial charge in [-0.05, 0) is 24.3 Å². The molecule has 1 atom stereocenters. The Morgan fingerprint density at radius 2 is 1.88 bits per heavy atom. The number of nitrogen functional groups attached to an aromatic ring is 1. The third kappa shape index (κ3) is 3.25. The van der Waals surface area contributed by atoms with Crippen LogP contribution in [0.3, 0.4) is 0 Å². The van der Waals surface area contributed by atoms with Gasteiger partial charge in [-0.25, -0.2) is 0 Å². The quantitative estimate of drug-likeness (QED) is 0.481. The molecule has 2 amide bonds. The van der Waals surface area contributed by atoms with E-state index in [2.05, 4.69) is 5.32 Å². The summed E-state index contributed by atoms with van der Waals surface area (Å²) in [4.78, 5) is 22.0. The number of benzene rings is 1. The van der Waals surface area contributed by atoms with E-state index in [1.54, 1.807) is 24.3 Å². The van der Waals surface area contributed by atoms with E-state index >= 15 is 0 Å². The van der Waals surface area contributed by atoms with Crippen molar-refractivity contribution in [2.24, 2.45) is 5.73 Å². The van der Waals surface area contributed by atoms with Gasteiger partial charge >= 0.3 is 0 Å². The van der Waals surface area contributed by atoms with Crippen molar-refractivity contribution in [1.29, 1.82) is 0 Å². The van der Waals surface area contributed by atoms with E-state index in [-0.39, 0.29) is 6.54 Å². The van der Waals surface area contributed by atoms with Gasteiger partial charge in [-0.3, -0.25) is 9.59 Å². The van der Waals surface area contributed by atoms with Crippen molar-refractivity contribution in [2.75, 3.05) is 12.3 Å². The van der Waals surface area contributed by atoms with Crippen molar-refractivity contribution in [1.82, 2.24) is 5.32 Å². The highest BCUT2D eigenvalue weighted by atomic mass is 16.3. The molecule has 16 heavy (non-hydrogen) atoms. The van der Waals surface area contributed by atoms with Gasteiger partial charge in [0.25, 0.3) is 5.91 Å². The average molecular weight is 223 g/mol. The fourth-order valence-corrected chi connectivity index (χ4v) is 1.03. The van der Waals surface area contributed by atoms with Crippen LogP contribution in [0, 0.1) is 0 Å². The lowest BCUT2D eigenvalue weighted by Crippen LogP contribution is -2.39. The Morgan fingerprint density at radius 3 is 2.38 bits per heavy atom. The summed E-state index contributed by atoms with van der Waals surface area (Å²) in [6.45, 7) is -0.210. The van der Waals surface area contributed by atoms with E-state index in [1.807, 2.05) is 0 Å². The van der Waals surface area contributed by atoms with E-state index in [4.69, 9.17) is 16.6 Å². The summed E-state index contributed by atoms with van der Waals surface area (Å²) in [5.41, 5.74) is 11.2. The second-order valence-electron chi connectivity index (χ2n) is 3.25. The predicted molar refractivity (Wildman–Crippen MR) is 58.4 cm³/mol. The molecule has 6 heteroatoms. The first-order chi connectivity index (χ1) is 7.50. The van der Waals surface area contributed by atoms with E-state index in [0.29, 0.717) is 11.3 Å². The van der Waals surface area contributed by atoms with Gasteiger partial charge < -0.3 is 21.9 Å². The number of nitrogens with one attached hydrogen (secondary N) is 1. The zero-order chi connectivity index (χ0) is 12.1. The van der Waals surface area contributed by atoms with Crippen LogP contribution < -0.4 is 16.8 Å². The monoisotopic (exact) mass is 223 g/mol. The van der Waals surface area contributed by atoms with Gasteiger partial charge in [0.15, 0.2) is 0 Å². The van der Waals surface area contributed by atoms with Crippen molar-refractivity contribution >= 4 is 17.5 Å². The van der Waals surface area contributed by atoms with Crippen LogP contribution in [0.4, 0.5) is 5.69 Å². The molecule has 0 heterocycles. The second kappa shape index (κ2) is 5.13. The number of aliphatic hydroxyl groups is 1. The molecule has 1 unspecified atom stereocenters. The van der Waals surface area contributed by atoms with Crippen LogP contribution in [0.2, 0.25) is 0 Å². The summed E-state index contributed by atoms with van der Waals surface area (Å²) in [5, 5.41) is 11.4. The van der Waals surface area contributed by atoms with Gasteiger partial charge in [-0.15, -0.1) is 0 Å². The van der Waals surface area contributed by atoms with Gasteiger partial charge in [-0.1, -0.05) is 0 Å². The van der Waals surface area contributed by atoms with Crippen LogP contribution in [0.25, 0.3) is 0 Å². The highest BCUT2D eigenvalue weighted by Gasteiger charge is 2.12. The molecule has 0 aliphatic carbocycles. The second-order valence-corrected chi connectivity index (χ2v) is 3.25. The van der Waals surface area contributed by atoms with Crippen molar-refractivity contribution in [3.8, 4) is 0 Å². The molecule has 0 fully saturated rings. The van der Waals surface area contributed by atoms with E-state index in [9.17, 15) is 9.59 Å². The molecule has 0 bridgehead atoms. The number of primary amides is 1. The Hall–Kier alpha value is -2.08. The average Bonchev–Trinajstić information content (AvgIpc) is 2.26. The molecule has 0 spiro atoms. The molecule has 0 aliphatic rings. The summed E-state index contributed by atoms with van der Waals surface area (Å²) >= 11 is 0. The molecular formula is C10H13N3O3. The summed E-state index contributed by atoms with van der Waals surface area (Å²) in [7, 11) is 0. The number of carbonyl (C=O) groups excluding carboxylic acids is 2. The molecule has 6 N–H and O–H groups in total. The summed E-state index contributed by atoms with van der Waals surface area (Å²) in [5.74, 6) is -1.28. The van der Waals surface area contributed by atoms with Crippen LogP contribution in [0.1, 0.15) is 10.4 Å². The molecule has 0 saturated heterocycles. The molecule has 1 aromatic rings. The van der Waals surface area contributed by atoms with Crippen molar-refractivity contribution in [2.45, 2.75) is 6.10 Å². The number of aliphatic hydroxyl groups excluding tert-OH is 1. The minimum absolute atomic E-state index is 0.210. The van der Waals surface area contributed by atoms with Gasteiger partial charge in [0.1, 0.15) is 6.10 Å². The van der Waals surface area contributed by atoms with Gasteiger partial charge in [-0.2, -0.15) is 0 Å². The first kappa shape index (κ1) is 12.0. The number of carbonyl (C=O) groups is 2. The first-order valence-electron chi connectivity index (χ1n) is 4.62. The molecule has 0 radical (unpaired) electrons. The molecule has 1 rings (SSSR count). The zero-order valence-corrected chi connectivity index (χ0v) is 8.51. The fraction of sp³-hybridized carbons (Fsp3) is 0.200. The van der Waals surface area contributed by atoms with Gasteiger partial charge in [0.2, 0.25) is 5.91 Å². The molecule has 0 aromatic heterocycles. The molecule has 0 saturated carbocycles. The summed E-state index contributed by atoms with van der Waals surface area (Å²) in [6, 6.07) is 6.25. The molecule has 86 valence electrons. The van der Waals surface area contributed by atoms with Crippen LogP contribution >= 0.6 is 0 Å². The smallest absolute Gasteiger partial charge is 0.251 e. The highest BCUT2D eigenvalue weighted by Crippen LogP contribution is 2.04. The topological polar surface area (TPSA) is 118 Å². The normalized spacial score (nSPS) is 11.8. The lowest BCUT2D eigenvalue weighted by atomic mass is 10.2. The molecule has 6 nitrogen and oxygen atoms in total. The maximum Gasteiger partial charge on any atom is 0.251 e. The highest BCUT2D eigenvalue weighted by molar-refractivity contribution is 5.94. The number of amides is 2. The zero-order valence-electron chi connectivity index (χ0n) is 8.51. The SMILES string of the molecule is NC(=O)C(O)CNC(=O)c1ccc(N)cc1. The van der Waals surface area contributed by atoms with Gasteiger partial charge in [0, 0.05) is 11.3 Å². The van der Waals surface area contributed by atoms with E-state index < -0.39 is 17.9 Å². The van der Waals surface area contributed by atoms with E-state index in [0.717, 1.165) is 0 Å². The Balaban J connectivity index is 2.53. The minimum Gasteiger partial charge on any atom is -0.399 e. The predicted octanol–water partition coefficient (Wildman–Crippen LogP) is -1.16. The van der Waals surface area contributed by atoms with Crippen LogP contribution in [-0.2, 0) is 4.79 Å². The molecular weight excluding hydrogens is 210 g/mol. The Morgan fingerprint density at radius 1 is 1.31 bits per heavy atom. The van der Waals surface area contributed by atoms with Crippen LogP contribution in [0.5, 0.6) is 0 Å². The summed E-state index contributed by atoms with van der Waals surface area (Å²) in [6.07, 6.45) is -1.38. The first-order valence-corrected chi connectivity index (χ1v) is 4.62. The van der Waals surface area contributed by atoms with Crippen LogP contribution in [-0.4, -0.2) is 29.6 Å². The van der Waals surface area contributed by atoms with Crippen molar-refractivity contribution in [3.05, 3.63) is 29.8 Å². The maximum atomic E-state index is 11.5. The fourth-order valence-electron chi connectivity index (χ4n) is 1.03. The Bertz CT molecular complexity index is 389. The molecule has 1 aromatic carbocycles. The number of anilines is 1. The number of hydrogen-bond acceptors (Lipinski definition) is 4. The number of nitrogens with two attached hydrogens (primary N) is 2. The lowest BCUT2D eigenvalue weighted by molar-refractivity contribution is -0.125. The Labute approximate surface area is 92.2 Å². The molecule has 0 aliphatic heterocycles. The van der Waals surface area contributed by atoms with Gasteiger partial charge in [0.05, 0.1) is 6.54 Å². The van der Waals surface area contributed by atoms with E-state index in [1.165, 1.54) is 0 Å². The minimum atomic E-state index is -1.38. The largest absolute Gasteiger partial charge is 0.399 e. The summed E-state index contributed by atoms with van der Waals surface area (Å²) < 4.78 is 0. The third-order valence-electron chi connectivity index (χ3n) is 1.96. The maximum absolute atomic E-state index is 11.5. The van der Waals surface area contributed by atoms with Crippen molar-refractivity contribution in [3.63, 3.8) is 0 Å². The number of rotatable bonds is 4. The van der Waals surface area contributed by atoms with Crippen molar-refractivity contribution < 1.29 is 14.7 Å². The number of hydrogen-bond donors (Lipinski definition) is 4. The third-order valence-corrected chi connectivity index (χ3v) is 1.96. The lowest BCUT2D eigenvalue weighted by Gasteiger charge is -2.08.